The summed E-state index contributed by atoms with van der Waals surface area (Å²) in [4.78, 5) is 43.9. The normalized spacial score (nSPS) is 19.2. The van der Waals surface area contributed by atoms with Crippen LogP contribution in [0.2, 0.25) is 0 Å². The minimum Gasteiger partial charge on any atom is -0.462 e. The van der Waals surface area contributed by atoms with Crippen LogP contribution in [-0.4, -0.2) is 86.0 Å². The van der Waals surface area contributed by atoms with Crippen molar-refractivity contribution < 1.29 is 19.1 Å². The molecule has 3 amide bonds. The molecule has 1 saturated heterocycles. The van der Waals surface area contributed by atoms with E-state index in [0.29, 0.717) is 49.3 Å². The topological polar surface area (TPSA) is 82.2 Å². The van der Waals surface area contributed by atoms with Gasteiger partial charge in [-0.1, -0.05) is 6.92 Å². The molecular weight excluding hydrogens is 404 g/mol. The smallest absolute Gasteiger partial charge is 0.341 e. The van der Waals surface area contributed by atoms with E-state index in [1.165, 1.54) is 16.2 Å². The molecular formula is C21H32N4O4S. The number of amides is 3. The molecule has 2 heterocycles. The summed E-state index contributed by atoms with van der Waals surface area (Å²) in [6, 6.07) is -0.00317. The maximum absolute atomic E-state index is 12.7. The summed E-state index contributed by atoms with van der Waals surface area (Å²) in [6.07, 6.45) is 2.82. The lowest BCUT2D eigenvalue weighted by Gasteiger charge is -2.35. The molecule has 3 rings (SSSR count). The number of nitrogens with one attached hydrogen (secondary N) is 1. The second kappa shape index (κ2) is 9.78. The average Bonchev–Trinajstić information content (AvgIpc) is 3.04. The number of esters is 1. The first-order valence-corrected chi connectivity index (χ1v) is 11.4. The molecule has 1 aliphatic carbocycles. The number of hydrogen-bond donors (Lipinski definition) is 1. The van der Waals surface area contributed by atoms with Gasteiger partial charge in [-0.05, 0) is 37.7 Å². The van der Waals surface area contributed by atoms with Crippen LogP contribution in [0.15, 0.2) is 0 Å². The molecule has 166 valence electrons. The van der Waals surface area contributed by atoms with Crippen LogP contribution in [0.4, 0.5) is 9.80 Å². The van der Waals surface area contributed by atoms with Crippen molar-refractivity contribution in [3.05, 3.63) is 16.0 Å². The fourth-order valence-electron chi connectivity index (χ4n) is 4.01. The third-order valence-corrected chi connectivity index (χ3v) is 6.81. The van der Waals surface area contributed by atoms with E-state index >= 15 is 0 Å². The van der Waals surface area contributed by atoms with Gasteiger partial charge in [0.1, 0.15) is 5.00 Å². The summed E-state index contributed by atoms with van der Waals surface area (Å²) < 4.78 is 5.27. The van der Waals surface area contributed by atoms with Crippen LogP contribution < -0.4 is 5.32 Å². The minimum atomic E-state index is -0.351. The van der Waals surface area contributed by atoms with E-state index < -0.39 is 0 Å². The van der Waals surface area contributed by atoms with Gasteiger partial charge >= 0.3 is 12.0 Å². The molecule has 1 aromatic rings. The lowest BCUT2D eigenvalue weighted by atomic mass is 9.88. The molecule has 1 aromatic heterocycles. The van der Waals surface area contributed by atoms with Crippen molar-refractivity contribution in [3.8, 4) is 0 Å². The molecule has 30 heavy (non-hydrogen) atoms. The molecule has 0 saturated carbocycles. The molecule has 0 aromatic carbocycles. The highest BCUT2D eigenvalue weighted by atomic mass is 32.1. The summed E-state index contributed by atoms with van der Waals surface area (Å²) in [5.74, 6) is 0.0890. The van der Waals surface area contributed by atoms with E-state index in [4.69, 9.17) is 4.74 Å². The quantitative estimate of drug-likeness (QED) is 0.716. The Hall–Kier alpha value is -2.13. The fourth-order valence-corrected chi connectivity index (χ4v) is 5.42. The number of rotatable bonds is 5. The Morgan fingerprint density at radius 1 is 1.20 bits per heavy atom. The molecule has 0 spiro atoms. The zero-order valence-corrected chi connectivity index (χ0v) is 19.1. The van der Waals surface area contributed by atoms with Gasteiger partial charge in [0.25, 0.3) is 0 Å². The first-order chi connectivity index (χ1) is 14.3. The zero-order valence-electron chi connectivity index (χ0n) is 18.3. The average molecular weight is 437 g/mol. The minimum absolute atomic E-state index is 0.00317. The molecule has 1 aliphatic heterocycles. The Morgan fingerprint density at radius 3 is 2.53 bits per heavy atom. The third kappa shape index (κ3) is 5.13. The number of fused-ring (bicyclic) bond motifs is 1. The summed E-state index contributed by atoms with van der Waals surface area (Å²) in [6.45, 7) is 7.05. The number of thiophene rings is 1. The molecule has 0 bridgehead atoms. The molecule has 1 fully saturated rings. The molecule has 1 unspecified atom stereocenters. The van der Waals surface area contributed by atoms with E-state index in [1.807, 2.05) is 4.90 Å². The number of carbonyl (C=O) groups is 3. The second-order valence-electron chi connectivity index (χ2n) is 8.26. The number of carbonyl (C=O) groups excluding carboxylic acids is 3. The summed E-state index contributed by atoms with van der Waals surface area (Å²) in [5.41, 5.74) is 1.58. The predicted octanol–water partition coefficient (Wildman–Crippen LogP) is 2.29. The lowest BCUT2D eigenvalue weighted by Crippen LogP contribution is -2.52. The summed E-state index contributed by atoms with van der Waals surface area (Å²) in [7, 11) is 3.48. The lowest BCUT2D eigenvalue weighted by molar-refractivity contribution is -0.117. The van der Waals surface area contributed by atoms with Gasteiger partial charge in [0.15, 0.2) is 0 Å². The van der Waals surface area contributed by atoms with Crippen molar-refractivity contribution >= 4 is 34.2 Å². The summed E-state index contributed by atoms with van der Waals surface area (Å²) >= 11 is 1.51. The summed E-state index contributed by atoms with van der Waals surface area (Å²) in [5, 5.41) is 3.58. The van der Waals surface area contributed by atoms with Crippen LogP contribution >= 0.6 is 11.3 Å². The molecule has 0 radical (unpaired) electrons. The van der Waals surface area contributed by atoms with E-state index in [1.54, 1.807) is 30.8 Å². The standard InChI is InChI=1S/C21H32N4O4S/c1-5-29-20(27)18-15-7-6-14(2)12-16(15)30-19(18)22-17(26)13-24-8-10-25(11-9-24)21(28)23(3)4/h14H,5-13H2,1-4H3,(H,22,26). The van der Waals surface area contributed by atoms with Gasteiger partial charge in [-0.3, -0.25) is 9.69 Å². The van der Waals surface area contributed by atoms with Crippen molar-refractivity contribution in [3.63, 3.8) is 0 Å². The van der Waals surface area contributed by atoms with Gasteiger partial charge in [0.05, 0.1) is 18.7 Å². The van der Waals surface area contributed by atoms with Gasteiger partial charge < -0.3 is 19.9 Å². The van der Waals surface area contributed by atoms with Gasteiger partial charge in [0, 0.05) is 45.2 Å². The van der Waals surface area contributed by atoms with Crippen molar-refractivity contribution in [2.75, 3.05) is 58.7 Å². The monoisotopic (exact) mass is 436 g/mol. The van der Waals surface area contributed by atoms with Gasteiger partial charge in [-0.2, -0.15) is 0 Å². The molecule has 9 heteroatoms. The maximum atomic E-state index is 12.7. The van der Waals surface area contributed by atoms with E-state index in [2.05, 4.69) is 12.2 Å². The molecule has 2 aliphatic rings. The zero-order chi connectivity index (χ0) is 21.8. The van der Waals surface area contributed by atoms with Crippen LogP contribution in [0.1, 0.15) is 41.1 Å². The third-order valence-electron chi connectivity index (χ3n) is 5.64. The number of anilines is 1. The Bertz CT molecular complexity index is 799. The highest BCUT2D eigenvalue weighted by Gasteiger charge is 2.30. The Morgan fingerprint density at radius 2 is 1.90 bits per heavy atom. The number of piperazine rings is 1. The number of ether oxygens (including phenoxy) is 1. The molecule has 1 atom stereocenters. The van der Waals surface area contributed by atoms with Crippen LogP contribution in [0.5, 0.6) is 0 Å². The molecule has 8 nitrogen and oxygen atoms in total. The predicted molar refractivity (Wildman–Crippen MR) is 117 cm³/mol. The van der Waals surface area contributed by atoms with E-state index in [9.17, 15) is 14.4 Å². The second-order valence-corrected chi connectivity index (χ2v) is 9.37. The van der Waals surface area contributed by atoms with Crippen molar-refractivity contribution in [1.82, 2.24) is 14.7 Å². The Labute approximate surface area is 182 Å². The number of hydrogen-bond acceptors (Lipinski definition) is 6. The first-order valence-electron chi connectivity index (χ1n) is 10.6. The van der Waals surface area contributed by atoms with Crippen LogP contribution in [0.25, 0.3) is 0 Å². The van der Waals surface area contributed by atoms with Crippen molar-refractivity contribution in [2.24, 2.45) is 5.92 Å². The van der Waals surface area contributed by atoms with Gasteiger partial charge in [0.2, 0.25) is 5.91 Å². The van der Waals surface area contributed by atoms with Crippen LogP contribution in [0.3, 0.4) is 0 Å². The molecule has 1 N–H and O–H groups in total. The number of urea groups is 1. The number of nitrogens with zero attached hydrogens (tertiary/aromatic N) is 3. The first kappa shape index (κ1) is 22.6. The van der Waals surface area contributed by atoms with Gasteiger partial charge in [-0.15, -0.1) is 11.3 Å². The van der Waals surface area contributed by atoms with Crippen molar-refractivity contribution in [2.45, 2.75) is 33.1 Å². The highest BCUT2D eigenvalue weighted by Crippen LogP contribution is 2.40. The SMILES string of the molecule is CCOC(=O)c1c(NC(=O)CN2CCN(C(=O)N(C)C)CC2)sc2c1CCC(C)C2. The highest BCUT2D eigenvalue weighted by molar-refractivity contribution is 7.17. The van der Waals surface area contributed by atoms with Gasteiger partial charge in [-0.25, -0.2) is 9.59 Å². The van der Waals surface area contributed by atoms with Crippen LogP contribution in [0, 0.1) is 5.92 Å². The Kier molecular flexibility index (Phi) is 7.36. The van der Waals surface area contributed by atoms with E-state index in [-0.39, 0.29) is 24.5 Å². The fraction of sp³-hybridized carbons (Fsp3) is 0.667. The van der Waals surface area contributed by atoms with E-state index in [0.717, 1.165) is 24.8 Å². The maximum Gasteiger partial charge on any atom is 0.341 e. The van der Waals surface area contributed by atoms with Crippen LogP contribution in [-0.2, 0) is 22.4 Å². The van der Waals surface area contributed by atoms with Crippen molar-refractivity contribution in [1.29, 1.82) is 0 Å². The Balaban J connectivity index is 1.64. The largest absolute Gasteiger partial charge is 0.462 e.